The van der Waals surface area contributed by atoms with E-state index in [1.54, 1.807) is 24.3 Å². The van der Waals surface area contributed by atoms with Gasteiger partial charge in [0.05, 0.1) is 0 Å². The van der Waals surface area contributed by atoms with E-state index in [4.69, 9.17) is 5.11 Å². The second-order valence-electron chi connectivity index (χ2n) is 2.39. The molecule has 1 N–H and O–H groups in total. The standard InChI is InChI=1S/C9H8O3.K.H/c10-8(9(11)12)6-7-4-2-1-3-5-7;;/h1-5H,6H2,(H,11,12);;/q;+1;-1. The molecule has 0 aliphatic carbocycles. The third-order valence-corrected chi connectivity index (χ3v) is 1.45. The van der Waals surface area contributed by atoms with Crippen molar-refractivity contribution in [3.8, 4) is 0 Å². The summed E-state index contributed by atoms with van der Waals surface area (Å²) in [5.74, 6) is -2.15. The molecular formula is C9H9KO3. The predicted molar refractivity (Wildman–Crippen MR) is 43.9 cm³/mol. The van der Waals surface area contributed by atoms with Gasteiger partial charge in [0, 0.05) is 6.42 Å². The van der Waals surface area contributed by atoms with Crippen molar-refractivity contribution in [1.29, 1.82) is 0 Å². The number of carboxylic acid groups (broad SMARTS) is 1. The van der Waals surface area contributed by atoms with Crippen LogP contribution in [0.4, 0.5) is 0 Å². The molecule has 0 atom stereocenters. The van der Waals surface area contributed by atoms with Gasteiger partial charge in [-0.3, -0.25) is 4.79 Å². The SMILES string of the molecule is O=C(O)C(=O)Cc1ccccc1.[H-].[K+]. The van der Waals surface area contributed by atoms with Gasteiger partial charge in [0.1, 0.15) is 0 Å². The van der Waals surface area contributed by atoms with Gasteiger partial charge < -0.3 is 6.53 Å². The number of benzene rings is 1. The van der Waals surface area contributed by atoms with Gasteiger partial charge in [-0.25, -0.2) is 4.79 Å². The number of carbonyl (C=O) groups excluding carboxylic acids is 1. The maximum Gasteiger partial charge on any atom is 1.00 e. The van der Waals surface area contributed by atoms with Crippen molar-refractivity contribution in [1.82, 2.24) is 0 Å². The summed E-state index contributed by atoms with van der Waals surface area (Å²) in [5, 5.41) is 8.29. The molecule has 4 heteroatoms. The Labute approximate surface area is 120 Å². The Morgan fingerprint density at radius 2 is 1.77 bits per heavy atom. The number of ketones is 1. The average molecular weight is 204 g/mol. The molecule has 0 aliphatic rings. The summed E-state index contributed by atoms with van der Waals surface area (Å²) in [6.07, 6.45) is -0.0316. The maximum absolute atomic E-state index is 10.7. The van der Waals surface area contributed by atoms with Crippen molar-refractivity contribution < 1.29 is 67.5 Å². The Morgan fingerprint density at radius 3 is 2.23 bits per heavy atom. The van der Waals surface area contributed by atoms with E-state index in [-0.39, 0.29) is 59.2 Å². The molecule has 0 spiro atoms. The topological polar surface area (TPSA) is 54.4 Å². The zero-order chi connectivity index (χ0) is 8.97. The largest absolute Gasteiger partial charge is 1.00 e. The normalized spacial score (nSPS) is 8.62. The van der Waals surface area contributed by atoms with E-state index in [9.17, 15) is 9.59 Å². The molecule has 0 heterocycles. The van der Waals surface area contributed by atoms with Gasteiger partial charge >= 0.3 is 57.4 Å². The summed E-state index contributed by atoms with van der Waals surface area (Å²) < 4.78 is 0. The first-order chi connectivity index (χ1) is 5.70. The van der Waals surface area contributed by atoms with Crippen LogP contribution in [0.15, 0.2) is 30.3 Å². The summed E-state index contributed by atoms with van der Waals surface area (Å²) >= 11 is 0. The molecule has 13 heavy (non-hydrogen) atoms. The van der Waals surface area contributed by atoms with Crippen LogP contribution < -0.4 is 51.4 Å². The van der Waals surface area contributed by atoms with Crippen LogP contribution in [0.2, 0.25) is 0 Å². The fourth-order valence-electron chi connectivity index (χ4n) is 0.857. The second-order valence-corrected chi connectivity index (χ2v) is 2.39. The average Bonchev–Trinajstić information content (AvgIpc) is 2.06. The van der Waals surface area contributed by atoms with E-state index >= 15 is 0 Å². The van der Waals surface area contributed by atoms with E-state index in [0.717, 1.165) is 5.56 Å². The van der Waals surface area contributed by atoms with Gasteiger partial charge in [0.2, 0.25) is 5.78 Å². The number of Topliss-reactive ketones (excluding diaryl/α,β-unsaturated/α-hetero) is 1. The number of rotatable bonds is 3. The van der Waals surface area contributed by atoms with E-state index < -0.39 is 11.8 Å². The third-order valence-electron chi connectivity index (χ3n) is 1.45. The van der Waals surface area contributed by atoms with Crippen LogP contribution in [-0.2, 0) is 16.0 Å². The minimum atomic E-state index is -1.38. The van der Waals surface area contributed by atoms with E-state index in [1.807, 2.05) is 6.07 Å². The smallest absolute Gasteiger partial charge is 1.00 e. The zero-order valence-electron chi connectivity index (χ0n) is 8.36. The molecule has 0 saturated carbocycles. The molecule has 1 rings (SSSR count). The van der Waals surface area contributed by atoms with Crippen molar-refractivity contribution in [2.24, 2.45) is 0 Å². The number of hydrogen-bond acceptors (Lipinski definition) is 2. The van der Waals surface area contributed by atoms with Gasteiger partial charge in [0.15, 0.2) is 0 Å². The Hall–Kier alpha value is -0.00364. The van der Waals surface area contributed by atoms with Crippen LogP contribution in [0.5, 0.6) is 0 Å². The third kappa shape index (κ3) is 4.68. The number of hydrogen-bond donors (Lipinski definition) is 1. The molecule has 0 bridgehead atoms. The predicted octanol–water partition coefficient (Wildman–Crippen LogP) is -2.00. The minimum absolute atomic E-state index is 0. The van der Waals surface area contributed by atoms with Gasteiger partial charge in [-0.2, -0.15) is 0 Å². The van der Waals surface area contributed by atoms with Gasteiger partial charge in [-0.1, -0.05) is 30.3 Å². The summed E-state index contributed by atoms with van der Waals surface area (Å²) in [6, 6.07) is 8.80. The first kappa shape index (κ1) is 13.0. The van der Waals surface area contributed by atoms with Crippen LogP contribution >= 0.6 is 0 Å². The van der Waals surface area contributed by atoms with Crippen LogP contribution in [0, 0.1) is 0 Å². The minimum Gasteiger partial charge on any atom is -1.00 e. The Kier molecular flexibility index (Phi) is 6.45. The molecule has 0 radical (unpaired) electrons. The zero-order valence-corrected chi connectivity index (χ0v) is 10.5. The molecule has 0 unspecified atom stereocenters. The first-order valence-corrected chi connectivity index (χ1v) is 3.50. The maximum atomic E-state index is 10.7. The molecule has 0 aliphatic heterocycles. The molecule has 0 amide bonds. The van der Waals surface area contributed by atoms with E-state index in [1.165, 1.54) is 0 Å². The van der Waals surface area contributed by atoms with Gasteiger partial charge in [-0.15, -0.1) is 0 Å². The summed E-state index contributed by atoms with van der Waals surface area (Å²) in [6.45, 7) is 0. The number of carbonyl (C=O) groups is 2. The van der Waals surface area contributed by atoms with Crippen LogP contribution in [0.25, 0.3) is 0 Å². The second kappa shape index (κ2) is 6.45. The molecule has 0 fully saturated rings. The summed E-state index contributed by atoms with van der Waals surface area (Å²) in [7, 11) is 0. The number of carboxylic acids is 1. The van der Waals surface area contributed by atoms with Crippen molar-refractivity contribution in [2.75, 3.05) is 0 Å². The molecule has 64 valence electrons. The van der Waals surface area contributed by atoms with Crippen molar-refractivity contribution in [3.63, 3.8) is 0 Å². The van der Waals surface area contributed by atoms with Crippen molar-refractivity contribution in [3.05, 3.63) is 35.9 Å². The summed E-state index contributed by atoms with van der Waals surface area (Å²) in [4.78, 5) is 20.9. The van der Waals surface area contributed by atoms with Gasteiger partial charge in [0.25, 0.3) is 0 Å². The molecule has 3 nitrogen and oxygen atoms in total. The quantitative estimate of drug-likeness (QED) is 0.458. The van der Waals surface area contributed by atoms with Crippen molar-refractivity contribution >= 4 is 11.8 Å². The van der Waals surface area contributed by atoms with Crippen LogP contribution in [-0.4, -0.2) is 16.9 Å². The molecule has 0 saturated heterocycles. The van der Waals surface area contributed by atoms with E-state index in [2.05, 4.69) is 0 Å². The summed E-state index contributed by atoms with van der Waals surface area (Å²) in [5.41, 5.74) is 0.727. The fourth-order valence-corrected chi connectivity index (χ4v) is 0.857. The Morgan fingerprint density at radius 1 is 1.23 bits per heavy atom. The van der Waals surface area contributed by atoms with Crippen LogP contribution in [0.1, 0.15) is 6.99 Å². The number of aliphatic carboxylic acids is 1. The monoisotopic (exact) mass is 204 g/mol. The first-order valence-electron chi connectivity index (χ1n) is 3.50. The Bertz CT molecular complexity index is 300. The van der Waals surface area contributed by atoms with Gasteiger partial charge in [-0.05, 0) is 5.56 Å². The molecule has 0 aromatic heterocycles. The molecule has 1 aromatic rings. The molecular weight excluding hydrogens is 195 g/mol. The van der Waals surface area contributed by atoms with Crippen molar-refractivity contribution in [2.45, 2.75) is 6.42 Å². The van der Waals surface area contributed by atoms with Crippen LogP contribution in [0.3, 0.4) is 0 Å². The van der Waals surface area contributed by atoms with E-state index in [0.29, 0.717) is 0 Å². The molecule has 1 aromatic carbocycles. The Balaban J connectivity index is 0. The fraction of sp³-hybridized carbons (Fsp3) is 0.111.